The van der Waals surface area contributed by atoms with Gasteiger partial charge >= 0.3 is 0 Å². The second kappa shape index (κ2) is 4.45. The Kier molecular flexibility index (Phi) is 3.13. The zero-order chi connectivity index (χ0) is 13.3. The van der Waals surface area contributed by atoms with Crippen LogP contribution in [-0.2, 0) is 6.42 Å². The Labute approximate surface area is 103 Å². The van der Waals surface area contributed by atoms with Gasteiger partial charge in [-0.1, -0.05) is 5.16 Å². The molecule has 0 bridgehead atoms. The summed E-state index contributed by atoms with van der Waals surface area (Å²) >= 11 is 0. The highest BCUT2D eigenvalue weighted by molar-refractivity contribution is 5.54. The van der Waals surface area contributed by atoms with Crippen LogP contribution in [0.4, 0.5) is 8.78 Å². The van der Waals surface area contributed by atoms with Gasteiger partial charge in [-0.3, -0.25) is 0 Å². The van der Waals surface area contributed by atoms with Crippen molar-refractivity contribution < 1.29 is 13.3 Å². The van der Waals surface area contributed by atoms with Crippen molar-refractivity contribution in [2.24, 2.45) is 5.73 Å². The SMILES string of the molecule is CC(C)(N)Cc1nc(-c2ccc(F)c(F)c2)no1. The van der Waals surface area contributed by atoms with Crippen LogP contribution in [0.2, 0.25) is 0 Å². The first-order valence-electron chi connectivity index (χ1n) is 5.42. The van der Waals surface area contributed by atoms with Gasteiger partial charge in [0.25, 0.3) is 0 Å². The number of benzene rings is 1. The minimum absolute atomic E-state index is 0.216. The molecule has 2 rings (SSSR count). The maximum Gasteiger partial charge on any atom is 0.228 e. The van der Waals surface area contributed by atoms with Crippen molar-refractivity contribution in [2.75, 3.05) is 0 Å². The van der Waals surface area contributed by atoms with E-state index in [1.165, 1.54) is 6.07 Å². The summed E-state index contributed by atoms with van der Waals surface area (Å²) in [6.45, 7) is 3.66. The quantitative estimate of drug-likeness (QED) is 0.911. The van der Waals surface area contributed by atoms with Crippen molar-refractivity contribution in [3.63, 3.8) is 0 Å². The molecule has 0 unspecified atom stereocenters. The number of nitrogens with zero attached hydrogens (tertiary/aromatic N) is 2. The molecule has 0 aliphatic heterocycles. The lowest BCUT2D eigenvalue weighted by Gasteiger charge is -2.14. The standard InChI is InChI=1S/C12H13F2N3O/c1-12(2,15)6-10-16-11(17-18-10)7-3-4-8(13)9(14)5-7/h3-5H,6,15H2,1-2H3. The number of hydrogen-bond acceptors (Lipinski definition) is 4. The van der Waals surface area contributed by atoms with Crippen molar-refractivity contribution in [2.45, 2.75) is 25.8 Å². The van der Waals surface area contributed by atoms with E-state index in [9.17, 15) is 8.78 Å². The lowest BCUT2D eigenvalue weighted by Crippen LogP contribution is -2.34. The summed E-state index contributed by atoms with van der Waals surface area (Å²) in [7, 11) is 0. The molecule has 4 nitrogen and oxygen atoms in total. The molecule has 0 amide bonds. The predicted molar refractivity (Wildman–Crippen MR) is 61.6 cm³/mol. The van der Waals surface area contributed by atoms with Gasteiger partial charge in [-0.15, -0.1) is 0 Å². The first-order valence-corrected chi connectivity index (χ1v) is 5.42. The number of aromatic nitrogens is 2. The predicted octanol–water partition coefficient (Wildman–Crippen LogP) is 2.29. The van der Waals surface area contributed by atoms with E-state index in [0.717, 1.165) is 12.1 Å². The smallest absolute Gasteiger partial charge is 0.228 e. The summed E-state index contributed by atoms with van der Waals surface area (Å²) in [5.74, 6) is -1.28. The molecule has 1 aromatic heterocycles. The second-order valence-electron chi connectivity index (χ2n) is 4.81. The summed E-state index contributed by atoms with van der Waals surface area (Å²) < 4.78 is 30.9. The fourth-order valence-electron chi connectivity index (χ4n) is 1.47. The van der Waals surface area contributed by atoms with Gasteiger partial charge in [0.1, 0.15) is 0 Å². The van der Waals surface area contributed by atoms with Crippen LogP contribution in [0.15, 0.2) is 22.7 Å². The van der Waals surface area contributed by atoms with Crippen molar-refractivity contribution in [1.29, 1.82) is 0 Å². The van der Waals surface area contributed by atoms with Crippen LogP contribution in [0.25, 0.3) is 11.4 Å². The molecule has 6 heteroatoms. The zero-order valence-electron chi connectivity index (χ0n) is 10.1. The third kappa shape index (κ3) is 2.89. The average Bonchev–Trinajstić information content (AvgIpc) is 2.68. The highest BCUT2D eigenvalue weighted by Gasteiger charge is 2.18. The fraction of sp³-hybridized carbons (Fsp3) is 0.333. The molecule has 0 spiro atoms. The lowest BCUT2D eigenvalue weighted by molar-refractivity contribution is 0.348. The Morgan fingerprint density at radius 2 is 2.00 bits per heavy atom. The monoisotopic (exact) mass is 253 g/mol. The van der Waals surface area contributed by atoms with Gasteiger partial charge in [0.15, 0.2) is 11.6 Å². The topological polar surface area (TPSA) is 64.9 Å². The summed E-state index contributed by atoms with van der Waals surface area (Å²) in [4.78, 5) is 4.09. The van der Waals surface area contributed by atoms with E-state index in [1.807, 2.05) is 13.8 Å². The molecule has 0 fully saturated rings. The molecule has 96 valence electrons. The van der Waals surface area contributed by atoms with Gasteiger partial charge < -0.3 is 10.3 Å². The van der Waals surface area contributed by atoms with Gasteiger partial charge in [0.2, 0.25) is 11.7 Å². The highest BCUT2D eigenvalue weighted by Crippen LogP contribution is 2.19. The summed E-state index contributed by atoms with van der Waals surface area (Å²) in [6.07, 6.45) is 0.406. The van der Waals surface area contributed by atoms with E-state index in [2.05, 4.69) is 10.1 Å². The van der Waals surface area contributed by atoms with E-state index in [4.69, 9.17) is 10.3 Å². The first kappa shape index (κ1) is 12.6. The van der Waals surface area contributed by atoms with Crippen LogP contribution in [0.1, 0.15) is 19.7 Å². The Balaban J connectivity index is 2.26. The second-order valence-corrected chi connectivity index (χ2v) is 4.81. The van der Waals surface area contributed by atoms with Crippen molar-refractivity contribution in [3.05, 3.63) is 35.7 Å². The zero-order valence-corrected chi connectivity index (χ0v) is 10.1. The molecule has 0 aliphatic rings. The normalized spacial score (nSPS) is 11.8. The third-order valence-electron chi connectivity index (χ3n) is 2.25. The fourth-order valence-corrected chi connectivity index (χ4v) is 1.47. The van der Waals surface area contributed by atoms with Crippen LogP contribution in [0.3, 0.4) is 0 Å². The Hall–Kier alpha value is -1.82. The van der Waals surface area contributed by atoms with Crippen LogP contribution in [0.5, 0.6) is 0 Å². The van der Waals surface area contributed by atoms with Gasteiger partial charge in [-0.2, -0.15) is 4.98 Å². The van der Waals surface area contributed by atoms with Gasteiger partial charge in [0, 0.05) is 17.5 Å². The number of nitrogens with two attached hydrogens (primary N) is 1. The van der Waals surface area contributed by atoms with E-state index in [0.29, 0.717) is 17.9 Å². The molecule has 0 aliphatic carbocycles. The first-order chi connectivity index (χ1) is 8.35. The maximum atomic E-state index is 13.1. The molecular weight excluding hydrogens is 240 g/mol. The maximum absolute atomic E-state index is 13.1. The van der Waals surface area contributed by atoms with Crippen molar-refractivity contribution >= 4 is 0 Å². The minimum Gasteiger partial charge on any atom is -0.339 e. The molecule has 0 saturated heterocycles. The molecular formula is C12H13F2N3O. The molecule has 0 saturated carbocycles. The lowest BCUT2D eigenvalue weighted by atomic mass is 10.0. The van der Waals surface area contributed by atoms with E-state index >= 15 is 0 Å². The minimum atomic E-state index is -0.946. The summed E-state index contributed by atoms with van der Waals surface area (Å²) in [5, 5.41) is 3.71. The summed E-state index contributed by atoms with van der Waals surface area (Å²) in [5.41, 5.74) is 5.71. The number of halogens is 2. The third-order valence-corrected chi connectivity index (χ3v) is 2.25. The van der Waals surface area contributed by atoms with Crippen LogP contribution >= 0.6 is 0 Å². The average molecular weight is 253 g/mol. The molecule has 0 atom stereocenters. The summed E-state index contributed by atoms with van der Waals surface area (Å²) in [6, 6.07) is 3.44. The highest BCUT2D eigenvalue weighted by atomic mass is 19.2. The van der Waals surface area contributed by atoms with Crippen molar-refractivity contribution in [1.82, 2.24) is 10.1 Å². The van der Waals surface area contributed by atoms with Crippen LogP contribution in [0, 0.1) is 11.6 Å². The molecule has 2 N–H and O–H groups in total. The van der Waals surface area contributed by atoms with Crippen LogP contribution in [-0.4, -0.2) is 15.7 Å². The molecule has 18 heavy (non-hydrogen) atoms. The van der Waals surface area contributed by atoms with E-state index < -0.39 is 17.2 Å². The van der Waals surface area contributed by atoms with Gasteiger partial charge in [0.05, 0.1) is 0 Å². The van der Waals surface area contributed by atoms with Gasteiger partial charge in [-0.05, 0) is 32.0 Å². The Morgan fingerprint density at radius 1 is 1.28 bits per heavy atom. The molecule has 1 aromatic carbocycles. The molecule has 2 aromatic rings. The largest absolute Gasteiger partial charge is 0.339 e. The number of rotatable bonds is 3. The number of hydrogen-bond donors (Lipinski definition) is 1. The van der Waals surface area contributed by atoms with E-state index in [-0.39, 0.29) is 5.82 Å². The van der Waals surface area contributed by atoms with Crippen LogP contribution < -0.4 is 5.73 Å². The Bertz CT molecular complexity index is 561. The van der Waals surface area contributed by atoms with Gasteiger partial charge in [-0.25, -0.2) is 8.78 Å². The molecule has 1 heterocycles. The van der Waals surface area contributed by atoms with Crippen molar-refractivity contribution in [3.8, 4) is 11.4 Å². The Morgan fingerprint density at radius 3 is 2.61 bits per heavy atom. The molecule has 0 radical (unpaired) electrons. The van der Waals surface area contributed by atoms with E-state index in [1.54, 1.807) is 0 Å².